The number of hydrogen-bond donors (Lipinski definition) is 0. The van der Waals surface area contributed by atoms with Crippen LogP contribution in [0, 0.1) is 11.3 Å². The van der Waals surface area contributed by atoms with Crippen molar-refractivity contribution >= 4 is 35.3 Å². The van der Waals surface area contributed by atoms with E-state index < -0.39 is 0 Å². The molecule has 0 bridgehead atoms. The first-order chi connectivity index (χ1) is 9.15. The number of hydrogen-bond acceptors (Lipinski definition) is 4. The average Bonchev–Trinajstić information content (AvgIpc) is 2.69. The van der Waals surface area contributed by atoms with Crippen LogP contribution in [0.25, 0.3) is 12.2 Å². The number of thiazole rings is 1. The Morgan fingerprint density at radius 1 is 1.37 bits per heavy atom. The molecule has 0 atom stereocenters. The number of rotatable bonds is 2. The molecular formula is C14H12N2OS2. The van der Waals surface area contributed by atoms with Crippen molar-refractivity contribution in [1.29, 1.82) is 5.26 Å². The highest BCUT2D eigenvalue weighted by Gasteiger charge is 2.00. The predicted octanol–water partition coefficient (Wildman–Crippen LogP) is 1.30. The molecule has 3 nitrogen and oxygen atoms in total. The molecule has 0 unspecified atom stereocenters. The number of benzene rings is 1. The molecule has 0 radical (unpaired) electrons. The fourth-order valence-corrected chi connectivity index (χ4v) is 3.00. The number of nitrogens with zero attached hydrogens (tertiary/aromatic N) is 2. The van der Waals surface area contributed by atoms with Crippen molar-refractivity contribution in [2.75, 3.05) is 6.26 Å². The lowest BCUT2D eigenvalue weighted by Gasteiger charge is -1.95. The molecule has 0 amide bonds. The zero-order chi connectivity index (χ0) is 13.8. The second-order valence-electron chi connectivity index (χ2n) is 3.86. The summed E-state index contributed by atoms with van der Waals surface area (Å²) in [5, 5.41) is 8.66. The zero-order valence-corrected chi connectivity index (χ0v) is 12.2. The van der Waals surface area contributed by atoms with Gasteiger partial charge >= 0.3 is 0 Å². The quantitative estimate of drug-likeness (QED) is 0.783. The maximum atomic E-state index is 12.0. The van der Waals surface area contributed by atoms with E-state index in [1.165, 1.54) is 26.9 Å². The molecule has 0 saturated heterocycles. The van der Waals surface area contributed by atoms with E-state index in [4.69, 9.17) is 5.26 Å². The van der Waals surface area contributed by atoms with Crippen LogP contribution in [0.3, 0.4) is 0 Å². The van der Waals surface area contributed by atoms with Gasteiger partial charge in [-0.2, -0.15) is 5.26 Å². The Hall–Kier alpha value is -1.77. The summed E-state index contributed by atoms with van der Waals surface area (Å²) >= 11 is 3.01. The van der Waals surface area contributed by atoms with E-state index >= 15 is 0 Å². The molecule has 0 spiro atoms. The zero-order valence-electron chi connectivity index (χ0n) is 10.6. The van der Waals surface area contributed by atoms with E-state index in [0.717, 1.165) is 5.56 Å². The Bertz CT molecular complexity index is 792. The fourth-order valence-electron chi connectivity index (χ4n) is 1.61. The van der Waals surface area contributed by atoms with Crippen LogP contribution in [-0.4, -0.2) is 10.8 Å². The van der Waals surface area contributed by atoms with Gasteiger partial charge in [-0.15, -0.1) is 23.1 Å². The molecule has 2 rings (SSSR count). The molecule has 0 saturated carbocycles. The van der Waals surface area contributed by atoms with Gasteiger partial charge in [-0.05, 0) is 30.0 Å². The normalized spacial score (nSPS) is 12.7. The minimum atomic E-state index is -0.0690. The molecule has 1 aromatic heterocycles. The fraction of sp³-hybridized carbons (Fsp3) is 0.143. The first-order valence-corrected chi connectivity index (χ1v) is 7.61. The molecule has 19 heavy (non-hydrogen) atoms. The summed E-state index contributed by atoms with van der Waals surface area (Å²) in [6.45, 7) is 0. The van der Waals surface area contributed by atoms with E-state index in [9.17, 15) is 4.79 Å². The summed E-state index contributed by atoms with van der Waals surface area (Å²) in [6.07, 6.45) is 5.27. The first kappa shape index (κ1) is 13.7. The maximum Gasteiger partial charge on any atom is 0.268 e. The standard InChI is InChI=1S/C14H12N2OS2/c1-16-13(7-8-15)19-12(14(16)17)9-10-3-5-11(18-2)6-4-10/h3-7,9H,1-2H3/b12-9-,13-7-. The van der Waals surface area contributed by atoms with Gasteiger partial charge < -0.3 is 4.57 Å². The van der Waals surface area contributed by atoms with Gasteiger partial charge in [-0.1, -0.05) is 12.1 Å². The predicted molar refractivity (Wildman–Crippen MR) is 80.7 cm³/mol. The van der Waals surface area contributed by atoms with Crippen LogP contribution >= 0.6 is 23.1 Å². The average molecular weight is 288 g/mol. The van der Waals surface area contributed by atoms with Crippen LogP contribution in [0.2, 0.25) is 0 Å². The maximum absolute atomic E-state index is 12.0. The molecule has 2 aromatic rings. The molecular weight excluding hydrogens is 276 g/mol. The molecule has 96 valence electrons. The third kappa shape index (κ3) is 2.98. The number of thioether (sulfide) groups is 1. The topological polar surface area (TPSA) is 45.8 Å². The van der Waals surface area contributed by atoms with Gasteiger partial charge in [0.2, 0.25) is 0 Å². The van der Waals surface area contributed by atoms with Crippen LogP contribution in [0.5, 0.6) is 0 Å². The number of nitriles is 1. The summed E-state index contributed by atoms with van der Waals surface area (Å²) in [5.74, 6) is 0. The minimum absolute atomic E-state index is 0.0690. The lowest BCUT2D eigenvalue weighted by atomic mass is 10.2. The van der Waals surface area contributed by atoms with Crippen molar-refractivity contribution < 1.29 is 0 Å². The highest BCUT2D eigenvalue weighted by atomic mass is 32.2. The molecule has 0 aliphatic heterocycles. The second kappa shape index (κ2) is 5.91. The highest BCUT2D eigenvalue weighted by molar-refractivity contribution is 7.98. The lowest BCUT2D eigenvalue weighted by Crippen LogP contribution is -2.28. The third-order valence-corrected chi connectivity index (χ3v) is 4.52. The largest absolute Gasteiger partial charge is 0.301 e. The molecule has 0 aliphatic carbocycles. The Morgan fingerprint density at radius 3 is 2.63 bits per heavy atom. The van der Waals surface area contributed by atoms with E-state index in [1.54, 1.807) is 18.8 Å². The Labute approximate surface area is 119 Å². The van der Waals surface area contributed by atoms with Gasteiger partial charge in [0.05, 0.1) is 10.6 Å². The molecule has 0 aliphatic rings. The summed E-state index contributed by atoms with van der Waals surface area (Å²) in [4.78, 5) is 13.2. The van der Waals surface area contributed by atoms with Crippen molar-refractivity contribution in [3.05, 3.63) is 49.4 Å². The molecule has 1 aromatic carbocycles. The number of aromatic nitrogens is 1. The van der Waals surface area contributed by atoms with Gasteiger partial charge in [0, 0.05) is 18.0 Å². The summed E-state index contributed by atoms with van der Waals surface area (Å²) in [5.41, 5.74) is 0.917. The van der Waals surface area contributed by atoms with Crippen LogP contribution < -0.4 is 14.8 Å². The molecule has 0 fully saturated rings. The Balaban J connectivity index is 2.55. The van der Waals surface area contributed by atoms with E-state index in [1.807, 2.05) is 42.7 Å². The monoisotopic (exact) mass is 288 g/mol. The smallest absolute Gasteiger partial charge is 0.268 e. The van der Waals surface area contributed by atoms with E-state index in [-0.39, 0.29) is 5.56 Å². The minimum Gasteiger partial charge on any atom is -0.301 e. The highest BCUT2D eigenvalue weighted by Crippen LogP contribution is 2.14. The van der Waals surface area contributed by atoms with Gasteiger partial charge in [-0.25, -0.2) is 0 Å². The van der Waals surface area contributed by atoms with E-state index in [0.29, 0.717) is 9.20 Å². The van der Waals surface area contributed by atoms with Crippen LogP contribution in [-0.2, 0) is 7.05 Å². The van der Waals surface area contributed by atoms with Crippen LogP contribution in [0.15, 0.2) is 34.0 Å². The van der Waals surface area contributed by atoms with Gasteiger partial charge in [0.15, 0.2) is 0 Å². The molecule has 1 heterocycles. The van der Waals surface area contributed by atoms with E-state index in [2.05, 4.69) is 0 Å². The van der Waals surface area contributed by atoms with Crippen molar-refractivity contribution in [3.8, 4) is 6.07 Å². The van der Waals surface area contributed by atoms with Crippen molar-refractivity contribution in [3.63, 3.8) is 0 Å². The summed E-state index contributed by atoms with van der Waals surface area (Å²) < 4.78 is 2.80. The SMILES string of the molecule is CSc1ccc(/C=c2\s/c(=C\C#N)n(C)c2=O)cc1. The van der Waals surface area contributed by atoms with Gasteiger partial charge in [0.25, 0.3) is 5.56 Å². The van der Waals surface area contributed by atoms with Crippen LogP contribution in [0.1, 0.15) is 5.56 Å². The van der Waals surface area contributed by atoms with Gasteiger partial charge in [-0.3, -0.25) is 4.79 Å². The van der Waals surface area contributed by atoms with Crippen molar-refractivity contribution in [2.45, 2.75) is 4.90 Å². The third-order valence-electron chi connectivity index (χ3n) is 2.66. The van der Waals surface area contributed by atoms with Crippen LogP contribution in [0.4, 0.5) is 0 Å². The van der Waals surface area contributed by atoms with Crippen molar-refractivity contribution in [2.24, 2.45) is 7.05 Å². The molecule has 5 heteroatoms. The lowest BCUT2D eigenvalue weighted by molar-refractivity contribution is 0.857. The van der Waals surface area contributed by atoms with Crippen molar-refractivity contribution in [1.82, 2.24) is 4.57 Å². The Kier molecular flexibility index (Phi) is 4.25. The first-order valence-electron chi connectivity index (χ1n) is 5.57. The summed E-state index contributed by atoms with van der Waals surface area (Å²) in [6, 6.07) is 9.97. The summed E-state index contributed by atoms with van der Waals surface area (Å²) in [7, 11) is 1.68. The Morgan fingerprint density at radius 2 is 2.05 bits per heavy atom. The van der Waals surface area contributed by atoms with Gasteiger partial charge in [0.1, 0.15) is 4.66 Å². The molecule has 0 N–H and O–H groups in total. The second-order valence-corrected chi connectivity index (χ2v) is 5.80.